The molecule has 0 atom stereocenters. The van der Waals surface area contributed by atoms with E-state index in [1.807, 2.05) is 42.3 Å². The van der Waals surface area contributed by atoms with Gasteiger partial charge in [-0.2, -0.15) is 10.1 Å². The number of anilines is 4. The van der Waals surface area contributed by atoms with Crippen molar-refractivity contribution in [3.8, 4) is 0 Å². The summed E-state index contributed by atoms with van der Waals surface area (Å²) < 4.78 is 13.7. The molecule has 0 amide bonds. The summed E-state index contributed by atoms with van der Waals surface area (Å²) in [6.45, 7) is 0. The molecule has 22 heavy (non-hydrogen) atoms. The number of nitrogens with one attached hydrogen (secondary N) is 1. The van der Waals surface area contributed by atoms with E-state index in [1.54, 1.807) is 24.4 Å². The van der Waals surface area contributed by atoms with Gasteiger partial charge in [0.15, 0.2) is 5.82 Å². The molecule has 0 aliphatic carbocycles. The van der Waals surface area contributed by atoms with Gasteiger partial charge in [0.2, 0.25) is 5.95 Å². The predicted molar refractivity (Wildman–Crippen MR) is 84.0 cm³/mol. The lowest BCUT2D eigenvalue weighted by Crippen LogP contribution is -2.13. The Morgan fingerprint density at radius 3 is 2.50 bits per heavy atom. The van der Waals surface area contributed by atoms with Crippen LogP contribution in [-0.4, -0.2) is 22.2 Å². The van der Waals surface area contributed by atoms with Crippen LogP contribution in [0, 0.1) is 5.82 Å². The van der Waals surface area contributed by atoms with Crippen molar-refractivity contribution < 1.29 is 4.39 Å². The molecule has 3 rings (SSSR count). The molecule has 1 N–H and O–H groups in total. The van der Waals surface area contributed by atoms with Crippen molar-refractivity contribution in [3.63, 3.8) is 0 Å². The van der Waals surface area contributed by atoms with Gasteiger partial charge in [-0.15, -0.1) is 5.10 Å². The highest BCUT2D eigenvalue weighted by molar-refractivity contribution is 5.60. The minimum atomic E-state index is -0.368. The van der Waals surface area contributed by atoms with Crippen LogP contribution in [0.3, 0.4) is 0 Å². The fourth-order valence-electron chi connectivity index (χ4n) is 1.98. The number of aromatic nitrogens is 3. The molecule has 1 aromatic heterocycles. The number of halogens is 1. The summed E-state index contributed by atoms with van der Waals surface area (Å²) in [5.74, 6) is 0.485. The summed E-state index contributed by atoms with van der Waals surface area (Å²) in [4.78, 5) is 6.24. The van der Waals surface area contributed by atoms with Gasteiger partial charge in [0, 0.05) is 12.7 Å². The second kappa shape index (κ2) is 6.17. The van der Waals surface area contributed by atoms with Gasteiger partial charge < -0.3 is 10.2 Å². The molecule has 0 spiro atoms. The molecule has 0 fully saturated rings. The molecule has 0 radical (unpaired) electrons. The van der Waals surface area contributed by atoms with Crippen LogP contribution in [0.4, 0.5) is 27.5 Å². The molecule has 0 aliphatic rings. The van der Waals surface area contributed by atoms with E-state index in [-0.39, 0.29) is 11.8 Å². The molecular formula is C16H14FN5. The van der Waals surface area contributed by atoms with Crippen molar-refractivity contribution in [2.75, 3.05) is 17.3 Å². The highest BCUT2D eigenvalue weighted by Gasteiger charge is 2.09. The van der Waals surface area contributed by atoms with E-state index in [9.17, 15) is 4.39 Å². The Morgan fingerprint density at radius 2 is 1.73 bits per heavy atom. The predicted octanol–water partition coefficient (Wildman–Crippen LogP) is 3.52. The van der Waals surface area contributed by atoms with Gasteiger partial charge in [-0.25, -0.2) is 4.39 Å². The first-order valence-corrected chi connectivity index (χ1v) is 6.74. The summed E-state index contributed by atoms with van der Waals surface area (Å²) in [5.41, 5.74) is 1.28. The Hall–Kier alpha value is -3.02. The average Bonchev–Trinajstić information content (AvgIpc) is 2.57. The Labute approximate surface area is 127 Å². The van der Waals surface area contributed by atoms with Gasteiger partial charge in [-0.3, -0.25) is 0 Å². The van der Waals surface area contributed by atoms with Crippen molar-refractivity contribution in [2.24, 2.45) is 0 Å². The molecule has 0 saturated heterocycles. The van der Waals surface area contributed by atoms with E-state index < -0.39 is 0 Å². The molecule has 3 aromatic rings. The Balaban J connectivity index is 1.85. The summed E-state index contributed by atoms with van der Waals surface area (Å²) >= 11 is 0. The highest BCUT2D eigenvalue weighted by Crippen LogP contribution is 2.22. The quantitative estimate of drug-likeness (QED) is 0.798. The Morgan fingerprint density at radius 1 is 1.00 bits per heavy atom. The molecule has 0 saturated carbocycles. The van der Waals surface area contributed by atoms with Crippen molar-refractivity contribution in [1.82, 2.24) is 15.2 Å². The van der Waals surface area contributed by atoms with E-state index in [4.69, 9.17) is 0 Å². The number of rotatable bonds is 4. The number of nitrogens with zero attached hydrogens (tertiary/aromatic N) is 4. The van der Waals surface area contributed by atoms with Gasteiger partial charge in [0.1, 0.15) is 5.82 Å². The molecule has 0 bridgehead atoms. The van der Waals surface area contributed by atoms with Crippen molar-refractivity contribution >= 4 is 23.1 Å². The Bertz CT molecular complexity index is 763. The second-order valence-corrected chi connectivity index (χ2v) is 4.64. The number of benzene rings is 2. The minimum Gasteiger partial charge on any atom is -0.328 e. The molecule has 0 aliphatic heterocycles. The first-order chi connectivity index (χ1) is 10.7. The number of hydrogen-bond donors (Lipinski definition) is 1. The molecule has 1 heterocycles. The maximum absolute atomic E-state index is 13.7. The number of hydrogen-bond acceptors (Lipinski definition) is 5. The summed E-state index contributed by atoms with van der Waals surface area (Å²) in [6, 6.07) is 16.1. The summed E-state index contributed by atoms with van der Waals surface area (Å²) in [7, 11) is 1.88. The molecule has 2 aromatic carbocycles. The van der Waals surface area contributed by atoms with Crippen LogP contribution < -0.4 is 10.2 Å². The third-order valence-corrected chi connectivity index (χ3v) is 3.15. The van der Waals surface area contributed by atoms with Crippen molar-refractivity contribution in [1.29, 1.82) is 0 Å². The minimum absolute atomic E-state index is 0.241. The van der Waals surface area contributed by atoms with Crippen molar-refractivity contribution in [2.45, 2.75) is 0 Å². The van der Waals surface area contributed by atoms with Gasteiger partial charge in [0.25, 0.3) is 0 Å². The van der Waals surface area contributed by atoms with Gasteiger partial charge in [0.05, 0.1) is 11.9 Å². The normalized spacial score (nSPS) is 10.3. The van der Waals surface area contributed by atoms with Crippen LogP contribution in [0.5, 0.6) is 0 Å². The molecule has 5 nitrogen and oxygen atoms in total. The van der Waals surface area contributed by atoms with E-state index >= 15 is 0 Å². The van der Waals surface area contributed by atoms with E-state index in [2.05, 4.69) is 20.5 Å². The number of para-hydroxylation sites is 2. The molecule has 6 heteroatoms. The van der Waals surface area contributed by atoms with Crippen LogP contribution in [0.25, 0.3) is 0 Å². The maximum atomic E-state index is 13.7. The zero-order valence-corrected chi connectivity index (χ0v) is 11.9. The smallest absolute Gasteiger partial charge is 0.249 e. The van der Waals surface area contributed by atoms with Crippen molar-refractivity contribution in [3.05, 3.63) is 66.6 Å². The van der Waals surface area contributed by atoms with Gasteiger partial charge in [-0.1, -0.05) is 30.3 Å². The summed E-state index contributed by atoms with van der Waals surface area (Å²) in [6.07, 6.45) is 1.56. The standard InChI is InChI=1S/C16H14FN5/c1-22(12-7-3-2-4-8-12)15-11-18-21-16(20-15)19-14-10-6-5-9-13(14)17/h2-11H,1H3,(H,19,20,21). The zero-order valence-electron chi connectivity index (χ0n) is 11.9. The topological polar surface area (TPSA) is 53.9 Å². The lowest BCUT2D eigenvalue weighted by atomic mass is 10.3. The SMILES string of the molecule is CN(c1ccccc1)c1cnnc(Nc2ccccc2F)n1. The van der Waals surface area contributed by atoms with Crippen LogP contribution in [0.1, 0.15) is 0 Å². The average molecular weight is 295 g/mol. The van der Waals surface area contributed by atoms with Crippen LogP contribution >= 0.6 is 0 Å². The largest absolute Gasteiger partial charge is 0.328 e. The highest BCUT2D eigenvalue weighted by atomic mass is 19.1. The first-order valence-electron chi connectivity index (χ1n) is 6.74. The Kier molecular flexibility index (Phi) is 3.91. The zero-order chi connectivity index (χ0) is 15.4. The van der Waals surface area contributed by atoms with E-state index in [0.29, 0.717) is 11.5 Å². The fraction of sp³-hybridized carbons (Fsp3) is 0.0625. The molecular weight excluding hydrogens is 281 g/mol. The fourth-order valence-corrected chi connectivity index (χ4v) is 1.98. The van der Waals surface area contributed by atoms with Crippen LogP contribution in [0.15, 0.2) is 60.8 Å². The van der Waals surface area contributed by atoms with Crippen LogP contribution in [0.2, 0.25) is 0 Å². The lowest BCUT2D eigenvalue weighted by Gasteiger charge is -2.18. The first kappa shape index (κ1) is 13.9. The third kappa shape index (κ3) is 3.01. The maximum Gasteiger partial charge on any atom is 0.249 e. The molecule has 110 valence electrons. The van der Waals surface area contributed by atoms with Crippen LogP contribution in [-0.2, 0) is 0 Å². The summed E-state index contributed by atoms with van der Waals surface area (Å²) in [5, 5.41) is 10.6. The van der Waals surface area contributed by atoms with Gasteiger partial charge >= 0.3 is 0 Å². The lowest BCUT2D eigenvalue weighted by molar-refractivity contribution is 0.631. The molecule has 0 unspecified atom stereocenters. The van der Waals surface area contributed by atoms with E-state index in [0.717, 1.165) is 5.69 Å². The third-order valence-electron chi connectivity index (χ3n) is 3.15. The second-order valence-electron chi connectivity index (χ2n) is 4.64. The van der Waals surface area contributed by atoms with Gasteiger partial charge in [-0.05, 0) is 24.3 Å². The monoisotopic (exact) mass is 295 g/mol. The van der Waals surface area contributed by atoms with E-state index in [1.165, 1.54) is 6.07 Å².